The lowest BCUT2D eigenvalue weighted by Crippen LogP contribution is -2.31. The number of hydrogen-bond acceptors (Lipinski definition) is 4. The molecule has 1 saturated carbocycles. The largest absolute Gasteiger partial charge is 0.390 e. The lowest BCUT2D eigenvalue weighted by molar-refractivity contribution is 0.249. The molecule has 3 aromatic rings. The fraction of sp³-hybridized carbons (Fsp3) is 0.381. The van der Waals surface area contributed by atoms with Crippen molar-refractivity contribution in [3.63, 3.8) is 0 Å². The SMILES string of the molecule is C[C@@H](NC(=O)Nc1cc2cnn(C3CCCC3)c2c(CO)n1)c1ccccc1. The van der Waals surface area contributed by atoms with E-state index in [9.17, 15) is 9.90 Å². The molecule has 0 saturated heterocycles. The van der Waals surface area contributed by atoms with Gasteiger partial charge < -0.3 is 10.4 Å². The Balaban J connectivity index is 1.53. The zero-order valence-electron chi connectivity index (χ0n) is 15.9. The van der Waals surface area contributed by atoms with E-state index >= 15 is 0 Å². The number of nitrogens with zero attached hydrogens (tertiary/aromatic N) is 3. The second kappa shape index (κ2) is 7.98. The van der Waals surface area contributed by atoms with Gasteiger partial charge in [0.15, 0.2) is 0 Å². The Bertz CT molecular complexity index is 964. The number of pyridine rings is 1. The van der Waals surface area contributed by atoms with Gasteiger partial charge in [0.05, 0.1) is 36.1 Å². The van der Waals surface area contributed by atoms with Crippen LogP contribution < -0.4 is 10.6 Å². The summed E-state index contributed by atoms with van der Waals surface area (Å²) in [6, 6.07) is 11.5. The molecule has 1 aliphatic rings. The average molecular weight is 379 g/mol. The van der Waals surface area contributed by atoms with E-state index in [2.05, 4.69) is 20.7 Å². The van der Waals surface area contributed by atoms with Crippen LogP contribution >= 0.6 is 0 Å². The van der Waals surface area contributed by atoms with Crippen molar-refractivity contribution in [2.75, 3.05) is 5.32 Å². The Morgan fingerprint density at radius 1 is 1.29 bits per heavy atom. The molecule has 0 aliphatic heterocycles. The molecular formula is C21H25N5O2. The third kappa shape index (κ3) is 3.71. The molecule has 1 aromatic carbocycles. The predicted molar refractivity (Wildman–Crippen MR) is 108 cm³/mol. The second-order valence-corrected chi connectivity index (χ2v) is 7.31. The molecule has 2 amide bonds. The first kappa shape index (κ1) is 18.4. The molecule has 7 nitrogen and oxygen atoms in total. The van der Waals surface area contributed by atoms with Crippen LogP contribution in [-0.2, 0) is 6.61 Å². The Morgan fingerprint density at radius 2 is 2.04 bits per heavy atom. The van der Waals surface area contributed by atoms with Crippen molar-refractivity contribution in [1.29, 1.82) is 0 Å². The maximum Gasteiger partial charge on any atom is 0.320 e. The van der Waals surface area contributed by atoms with Crippen molar-refractivity contribution >= 4 is 22.8 Å². The van der Waals surface area contributed by atoms with Crippen molar-refractivity contribution in [1.82, 2.24) is 20.1 Å². The molecule has 1 atom stereocenters. The third-order valence-corrected chi connectivity index (χ3v) is 5.35. The Hall–Kier alpha value is -2.93. The summed E-state index contributed by atoms with van der Waals surface area (Å²) >= 11 is 0. The van der Waals surface area contributed by atoms with Crippen molar-refractivity contribution < 1.29 is 9.90 Å². The van der Waals surface area contributed by atoms with E-state index in [-0.39, 0.29) is 18.7 Å². The maximum absolute atomic E-state index is 12.4. The molecule has 1 aliphatic carbocycles. The maximum atomic E-state index is 12.4. The number of aromatic nitrogens is 3. The van der Waals surface area contributed by atoms with Crippen LogP contribution in [-0.4, -0.2) is 25.9 Å². The molecule has 0 bridgehead atoms. The van der Waals surface area contributed by atoms with Gasteiger partial charge in [-0.05, 0) is 31.4 Å². The number of aliphatic hydroxyl groups is 1. The molecule has 1 fully saturated rings. The Morgan fingerprint density at radius 3 is 2.75 bits per heavy atom. The highest BCUT2D eigenvalue weighted by molar-refractivity contribution is 5.92. The summed E-state index contributed by atoms with van der Waals surface area (Å²) in [4.78, 5) is 16.9. The summed E-state index contributed by atoms with van der Waals surface area (Å²) in [5, 5.41) is 20.9. The van der Waals surface area contributed by atoms with Gasteiger partial charge >= 0.3 is 6.03 Å². The first-order valence-corrected chi connectivity index (χ1v) is 9.76. The van der Waals surface area contributed by atoms with Crippen molar-refractivity contribution in [3.8, 4) is 0 Å². The van der Waals surface area contributed by atoms with Crippen LogP contribution in [0.5, 0.6) is 0 Å². The number of benzene rings is 1. The highest BCUT2D eigenvalue weighted by atomic mass is 16.3. The lowest BCUT2D eigenvalue weighted by atomic mass is 10.1. The van der Waals surface area contributed by atoms with Gasteiger partial charge in [-0.3, -0.25) is 10.00 Å². The number of hydrogen-bond donors (Lipinski definition) is 3. The van der Waals surface area contributed by atoms with Gasteiger partial charge in [-0.25, -0.2) is 9.78 Å². The summed E-state index contributed by atoms with van der Waals surface area (Å²) in [6.45, 7) is 1.72. The van der Waals surface area contributed by atoms with Gasteiger partial charge in [-0.1, -0.05) is 43.2 Å². The lowest BCUT2D eigenvalue weighted by Gasteiger charge is -2.16. The van der Waals surface area contributed by atoms with Gasteiger partial charge in [0.1, 0.15) is 5.82 Å². The molecule has 0 radical (unpaired) electrons. The summed E-state index contributed by atoms with van der Waals surface area (Å²) in [5.74, 6) is 0.403. The zero-order valence-corrected chi connectivity index (χ0v) is 15.9. The highest BCUT2D eigenvalue weighted by Crippen LogP contribution is 2.33. The number of rotatable bonds is 5. The molecule has 0 unspecified atom stereocenters. The van der Waals surface area contributed by atoms with Gasteiger partial charge in [0.2, 0.25) is 0 Å². The quantitative estimate of drug-likeness (QED) is 0.626. The van der Waals surface area contributed by atoms with Crippen LogP contribution in [0.25, 0.3) is 10.9 Å². The summed E-state index contributed by atoms with van der Waals surface area (Å²) in [5.41, 5.74) is 2.42. The second-order valence-electron chi connectivity index (χ2n) is 7.31. The van der Waals surface area contributed by atoms with E-state index < -0.39 is 0 Å². The normalized spacial score (nSPS) is 15.6. The fourth-order valence-corrected chi connectivity index (χ4v) is 3.93. The number of urea groups is 1. The molecule has 28 heavy (non-hydrogen) atoms. The van der Waals surface area contributed by atoms with E-state index in [1.54, 1.807) is 12.3 Å². The van der Waals surface area contributed by atoms with Crippen LogP contribution in [0.1, 0.15) is 55.9 Å². The summed E-state index contributed by atoms with van der Waals surface area (Å²) in [6.07, 6.45) is 6.38. The Labute approximate surface area is 163 Å². The number of nitrogens with one attached hydrogen (secondary N) is 2. The van der Waals surface area contributed by atoms with E-state index in [0.29, 0.717) is 17.6 Å². The molecule has 0 spiro atoms. The first-order valence-electron chi connectivity index (χ1n) is 9.76. The van der Waals surface area contributed by atoms with Crippen LogP contribution in [0.3, 0.4) is 0 Å². The molecule has 7 heteroatoms. The van der Waals surface area contributed by atoms with Gasteiger partial charge in [-0.2, -0.15) is 5.10 Å². The molecule has 2 aromatic heterocycles. The highest BCUT2D eigenvalue weighted by Gasteiger charge is 2.22. The van der Waals surface area contributed by atoms with E-state index in [1.807, 2.05) is 41.9 Å². The number of anilines is 1. The van der Waals surface area contributed by atoms with Crippen LogP contribution in [0.4, 0.5) is 10.6 Å². The Kier molecular flexibility index (Phi) is 5.25. The monoisotopic (exact) mass is 379 g/mol. The van der Waals surface area contributed by atoms with Crippen molar-refractivity contribution in [3.05, 3.63) is 53.9 Å². The van der Waals surface area contributed by atoms with Gasteiger partial charge in [0, 0.05) is 5.39 Å². The van der Waals surface area contributed by atoms with E-state index in [4.69, 9.17) is 0 Å². The zero-order chi connectivity index (χ0) is 19.5. The van der Waals surface area contributed by atoms with Crippen LogP contribution in [0.15, 0.2) is 42.6 Å². The fourth-order valence-electron chi connectivity index (χ4n) is 3.93. The topological polar surface area (TPSA) is 92.1 Å². The molecule has 2 heterocycles. The average Bonchev–Trinajstić information content (AvgIpc) is 3.37. The van der Waals surface area contributed by atoms with E-state index in [0.717, 1.165) is 29.3 Å². The minimum Gasteiger partial charge on any atom is -0.390 e. The number of carbonyl (C=O) groups excluding carboxylic acids is 1. The van der Waals surface area contributed by atoms with Gasteiger partial charge in [0.25, 0.3) is 0 Å². The molecule has 4 rings (SSSR count). The number of fused-ring (bicyclic) bond motifs is 1. The summed E-state index contributed by atoms with van der Waals surface area (Å²) in [7, 11) is 0. The first-order chi connectivity index (χ1) is 13.7. The predicted octanol–water partition coefficient (Wildman–Crippen LogP) is 3.92. The minimum absolute atomic E-state index is 0.132. The van der Waals surface area contributed by atoms with Gasteiger partial charge in [-0.15, -0.1) is 0 Å². The van der Waals surface area contributed by atoms with Crippen molar-refractivity contribution in [2.24, 2.45) is 0 Å². The molecule has 146 valence electrons. The van der Waals surface area contributed by atoms with Crippen LogP contribution in [0.2, 0.25) is 0 Å². The number of aliphatic hydroxyl groups excluding tert-OH is 1. The van der Waals surface area contributed by atoms with E-state index in [1.165, 1.54) is 12.8 Å². The summed E-state index contributed by atoms with van der Waals surface area (Å²) < 4.78 is 1.99. The number of carbonyl (C=O) groups is 1. The van der Waals surface area contributed by atoms with Crippen LogP contribution in [0, 0.1) is 0 Å². The molecule has 3 N–H and O–H groups in total. The standard InChI is InChI=1S/C21H25N5O2/c1-14(15-7-3-2-4-8-15)23-21(28)25-19-11-16-12-22-26(17-9-5-6-10-17)20(16)18(13-27)24-19/h2-4,7-8,11-12,14,17,27H,5-6,9-10,13H2,1H3,(H2,23,24,25,28)/t14-/m1/s1. The molecular weight excluding hydrogens is 354 g/mol. The minimum atomic E-state index is -0.338. The smallest absolute Gasteiger partial charge is 0.320 e. The third-order valence-electron chi connectivity index (χ3n) is 5.35. The van der Waals surface area contributed by atoms with Crippen molar-refractivity contribution in [2.45, 2.75) is 51.3 Å². The number of amides is 2.